The van der Waals surface area contributed by atoms with Crippen LogP contribution in [0.15, 0.2) is 78.9 Å². The Hall–Kier alpha value is -1.74. The summed E-state index contributed by atoms with van der Waals surface area (Å²) >= 11 is 8.51. The third-order valence-electron chi connectivity index (χ3n) is 4.33. The summed E-state index contributed by atoms with van der Waals surface area (Å²) in [5.41, 5.74) is 10.7. The van der Waals surface area contributed by atoms with E-state index in [9.17, 15) is 0 Å². The van der Waals surface area contributed by atoms with Gasteiger partial charge in [-0.3, -0.25) is 0 Å². The van der Waals surface area contributed by atoms with Crippen LogP contribution in [-0.2, 0) is 4.75 Å². The zero-order chi connectivity index (χ0) is 17.7. The Morgan fingerprint density at radius 3 is 2.08 bits per heavy atom. The fraction of sp³-hybridized carbons (Fsp3) is 0.182. The Bertz CT molecular complexity index is 817. The smallest absolute Gasteiger partial charge is 0.0921 e. The van der Waals surface area contributed by atoms with E-state index in [1.54, 1.807) is 0 Å². The molecular formula is C22H22ClNS. The summed E-state index contributed by atoms with van der Waals surface area (Å²) in [6.45, 7) is 2.73. The molecule has 3 rings (SSSR count). The van der Waals surface area contributed by atoms with Crippen molar-refractivity contribution in [3.63, 3.8) is 0 Å². The lowest BCUT2D eigenvalue weighted by Crippen LogP contribution is -2.27. The summed E-state index contributed by atoms with van der Waals surface area (Å²) in [5, 5.41) is 0.774. The van der Waals surface area contributed by atoms with Gasteiger partial charge < -0.3 is 5.73 Å². The molecule has 3 aromatic rings. The summed E-state index contributed by atoms with van der Waals surface area (Å²) in [7, 11) is 0. The highest BCUT2D eigenvalue weighted by Crippen LogP contribution is 2.50. The summed E-state index contributed by atoms with van der Waals surface area (Å²) in [4.78, 5) is 0. The van der Waals surface area contributed by atoms with Crippen LogP contribution in [0.3, 0.4) is 0 Å². The Balaban J connectivity index is 2.31. The normalized spacial score (nSPS) is 13.4. The number of hydrogen-bond donors (Lipinski definition) is 1. The molecule has 128 valence electrons. The first-order valence-electron chi connectivity index (χ1n) is 8.40. The Labute approximate surface area is 159 Å². The average molecular weight is 368 g/mol. The molecule has 0 aliphatic heterocycles. The standard InChI is InChI=1S/C22H22ClNS/c1-17-11-13-19(14-12-17)22(25-16-15-24,18-7-3-2-4-8-18)20-9-5-6-10-21(20)23/h2-14H,15-16,24H2,1H3. The molecule has 0 fully saturated rings. The highest BCUT2D eigenvalue weighted by atomic mass is 35.5. The molecule has 1 nitrogen and oxygen atoms in total. The van der Waals surface area contributed by atoms with Crippen LogP contribution < -0.4 is 5.73 Å². The van der Waals surface area contributed by atoms with Gasteiger partial charge in [0.15, 0.2) is 0 Å². The van der Waals surface area contributed by atoms with Gasteiger partial charge in [-0.15, -0.1) is 11.8 Å². The lowest BCUT2D eigenvalue weighted by molar-refractivity contribution is 0.891. The van der Waals surface area contributed by atoms with Crippen LogP contribution in [0.5, 0.6) is 0 Å². The molecular weight excluding hydrogens is 346 g/mol. The summed E-state index contributed by atoms with van der Waals surface area (Å²) < 4.78 is -0.382. The Kier molecular flexibility index (Phi) is 5.85. The average Bonchev–Trinajstić information content (AvgIpc) is 2.65. The highest BCUT2D eigenvalue weighted by molar-refractivity contribution is 8.00. The van der Waals surface area contributed by atoms with Gasteiger partial charge in [-0.25, -0.2) is 0 Å². The molecule has 0 radical (unpaired) electrons. The van der Waals surface area contributed by atoms with E-state index in [1.165, 1.54) is 16.7 Å². The molecule has 0 spiro atoms. The molecule has 0 bridgehead atoms. The molecule has 2 N–H and O–H groups in total. The van der Waals surface area contributed by atoms with Crippen LogP contribution in [0, 0.1) is 6.92 Å². The summed E-state index contributed by atoms with van der Waals surface area (Å²) in [5.74, 6) is 0.841. The van der Waals surface area contributed by atoms with E-state index in [-0.39, 0.29) is 4.75 Å². The number of hydrogen-bond acceptors (Lipinski definition) is 2. The number of thioether (sulfide) groups is 1. The third kappa shape index (κ3) is 3.62. The maximum Gasteiger partial charge on any atom is 0.0921 e. The maximum absolute atomic E-state index is 6.67. The van der Waals surface area contributed by atoms with E-state index in [4.69, 9.17) is 17.3 Å². The van der Waals surface area contributed by atoms with Gasteiger partial charge in [0.25, 0.3) is 0 Å². The van der Waals surface area contributed by atoms with Crippen LogP contribution in [-0.4, -0.2) is 12.3 Å². The van der Waals surface area contributed by atoms with Crippen molar-refractivity contribution in [2.45, 2.75) is 11.7 Å². The molecule has 0 saturated carbocycles. The van der Waals surface area contributed by atoms with Crippen molar-refractivity contribution < 1.29 is 0 Å². The molecule has 1 atom stereocenters. The fourth-order valence-electron chi connectivity index (χ4n) is 3.14. The number of rotatable bonds is 6. The van der Waals surface area contributed by atoms with Crippen molar-refractivity contribution in [3.8, 4) is 0 Å². The van der Waals surface area contributed by atoms with Gasteiger partial charge in [-0.05, 0) is 29.7 Å². The van der Waals surface area contributed by atoms with Crippen molar-refractivity contribution in [2.24, 2.45) is 5.73 Å². The molecule has 0 heterocycles. The summed E-state index contributed by atoms with van der Waals surface area (Å²) in [6.07, 6.45) is 0. The zero-order valence-electron chi connectivity index (χ0n) is 14.3. The Morgan fingerprint density at radius 2 is 1.44 bits per heavy atom. The van der Waals surface area contributed by atoms with Gasteiger partial charge in [0.05, 0.1) is 4.75 Å². The molecule has 3 heteroatoms. The highest BCUT2D eigenvalue weighted by Gasteiger charge is 2.38. The van der Waals surface area contributed by atoms with Gasteiger partial charge >= 0.3 is 0 Å². The molecule has 0 amide bonds. The predicted molar refractivity (Wildman–Crippen MR) is 110 cm³/mol. The second-order valence-corrected chi connectivity index (χ2v) is 7.75. The second-order valence-electron chi connectivity index (χ2n) is 6.03. The first kappa shape index (κ1) is 18.1. The van der Waals surface area contributed by atoms with Crippen molar-refractivity contribution in [1.29, 1.82) is 0 Å². The molecule has 1 unspecified atom stereocenters. The summed E-state index contributed by atoms with van der Waals surface area (Å²) in [6, 6.07) is 27.4. The molecule has 3 aromatic carbocycles. The van der Waals surface area contributed by atoms with Crippen molar-refractivity contribution >= 4 is 23.4 Å². The minimum atomic E-state index is -0.382. The number of halogens is 1. The van der Waals surface area contributed by atoms with E-state index >= 15 is 0 Å². The topological polar surface area (TPSA) is 26.0 Å². The van der Waals surface area contributed by atoms with Gasteiger partial charge in [-0.2, -0.15) is 0 Å². The third-order valence-corrected chi connectivity index (χ3v) is 6.22. The van der Waals surface area contributed by atoms with Gasteiger partial charge in [0, 0.05) is 17.3 Å². The maximum atomic E-state index is 6.67. The first-order valence-corrected chi connectivity index (χ1v) is 9.76. The van der Waals surface area contributed by atoms with E-state index in [2.05, 4.69) is 67.6 Å². The molecule has 25 heavy (non-hydrogen) atoms. The van der Waals surface area contributed by atoms with E-state index in [0.717, 1.165) is 16.3 Å². The van der Waals surface area contributed by atoms with Crippen molar-refractivity contribution in [1.82, 2.24) is 0 Å². The molecule has 0 aliphatic carbocycles. The number of aryl methyl sites for hydroxylation is 1. The van der Waals surface area contributed by atoms with Crippen LogP contribution in [0.25, 0.3) is 0 Å². The minimum Gasteiger partial charge on any atom is -0.330 e. The van der Waals surface area contributed by atoms with Crippen LogP contribution in [0.4, 0.5) is 0 Å². The zero-order valence-corrected chi connectivity index (χ0v) is 15.9. The van der Waals surface area contributed by atoms with Gasteiger partial charge in [0.2, 0.25) is 0 Å². The molecule has 0 aliphatic rings. The quantitative estimate of drug-likeness (QED) is 0.571. The number of benzene rings is 3. The van der Waals surface area contributed by atoms with Gasteiger partial charge in [-0.1, -0.05) is 90.0 Å². The van der Waals surface area contributed by atoms with Crippen molar-refractivity contribution in [3.05, 3.63) is 106 Å². The second kappa shape index (κ2) is 8.09. The van der Waals surface area contributed by atoms with Crippen LogP contribution in [0.2, 0.25) is 5.02 Å². The lowest BCUT2D eigenvalue weighted by Gasteiger charge is -2.36. The van der Waals surface area contributed by atoms with Crippen molar-refractivity contribution in [2.75, 3.05) is 12.3 Å². The lowest BCUT2D eigenvalue weighted by atomic mass is 9.83. The molecule has 0 aromatic heterocycles. The van der Waals surface area contributed by atoms with E-state index in [0.29, 0.717) is 6.54 Å². The SMILES string of the molecule is Cc1ccc(C(SCCN)(c2ccccc2)c2ccccc2Cl)cc1. The molecule has 0 saturated heterocycles. The Morgan fingerprint density at radius 1 is 0.840 bits per heavy atom. The largest absolute Gasteiger partial charge is 0.330 e. The first-order chi connectivity index (χ1) is 12.2. The van der Waals surface area contributed by atoms with Gasteiger partial charge in [0.1, 0.15) is 0 Å². The number of nitrogens with two attached hydrogens (primary N) is 1. The van der Waals surface area contributed by atoms with Crippen LogP contribution in [0.1, 0.15) is 22.3 Å². The predicted octanol–water partition coefficient (Wildman–Crippen LogP) is 5.63. The van der Waals surface area contributed by atoms with E-state index < -0.39 is 0 Å². The van der Waals surface area contributed by atoms with E-state index in [1.807, 2.05) is 30.0 Å². The minimum absolute atomic E-state index is 0.382. The fourth-order valence-corrected chi connectivity index (χ4v) is 4.84. The monoisotopic (exact) mass is 367 g/mol. The van der Waals surface area contributed by atoms with Crippen LogP contribution >= 0.6 is 23.4 Å².